The third-order valence-corrected chi connectivity index (χ3v) is 6.08. The van der Waals surface area contributed by atoms with Gasteiger partial charge in [0.15, 0.2) is 11.3 Å². The summed E-state index contributed by atoms with van der Waals surface area (Å²) in [6, 6.07) is 12.5. The van der Waals surface area contributed by atoms with E-state index in [2.05, 4.69) is 25.3 Å². The van der Waals surface area contributed by atoms with Crippen LogP contribution >= 0.6 is 12.4 Å². The van der Waals surface area contributed by atoms with Crippen LogP contribution in [-0.2, 0) is 18.3 Å². The Morgan fingerprint density at radius 3 is 2.45 bits per heavy atom. The van der Waals surface area contributed by atoms with Crippen LogP contribution in [0.3, 0.4) is 0 Å². The van der Waals surface area contributed by atoms with E-state index in [0.717, 1.165) is 21.7 Å². The monoisotopic (exact) mass is 599 g/mol. The molecule has 3 heterocycles. The molecule has 0 spiro atoms. The van der Waals surface area contributed by atoms with Crippen LogP contribution in [0.15, 0.2) is 57.7 Å². The summed E-state index contributed by atoms with van der Waals surface area (Å²) in [5.41, 5.74) is 8.08. The molecule has 5 rings (SSSR count). The third kappa shape index (κ3) is 6.37. The fourth-order valence-corrected chi connectivity index (χ4v) is 3.81. The van der Waals surface area contributed by atoms with Crippen molar-refractivity contribution >= 4 is 47.0 Å². The lowest BCUT2D eigenvalue weighted by Gasteiger charge is -2.14. The van der Waals surface area contributed by atoms with E-state index in [1.165, 1.54) is 11.7 Å². The molecular weight excluding hydrogens is 574 g/mol. The Hall–Kier alpha value is -5.28. The normalized spacial score (nSPS) is 11.2. The van der Waals surface area contributed by atoms with Crippen molar-refractivity contribution < 1.29 is 33.8 Å². The van der Waals surface area contributed by atoms with E-state index in [9.17, 15) is 29.4 Å². The standard InChI is InChI=1S/C17H15N5O6.C9H10N2O2.ClH/c1-8(9-3-5-10(6-4-9)17(27)28-2)18-14(23)11-7-12(16(25)26)22-13(19-11)15(24)20-21-22;1-11-7-4-6(5-10)2-3-8(7)13-9(11)12;/h3-8,24H,1-2H3,(H,18,23)(H,25,26);2-4H,5,10H2,1H3;1H/t8-;;/m0../s1. The summed E-state index contributed by atoms with van der Waals surface area (Å²) in [4.78, 5) is 50.4. The number of nitrogens with one attached hydrogen (secondary N) is 1. The molecule has 15 nitrogen and oxygen atoms in total. The predicted octanol–water partition coefficient (Wildman–Crippen LogP) is 1.82. The first-order valence-electron chi connectivity index (χ1n) is 12.0. The van der Waals surface area contributed by atoms with Gasteiger partial charge in [-0.15, -0.1) is 12.4 Å². The lowest BCUT2D eigenvalue weighted by Crippen LogP contribution is -2.28. The molecule has 0 saturated heterocycles. The minimum atomic E-state index is -1.36. The zero-order valence-corrected chi connectivity index (χ0v) is 23.3. The van der Waals surface area contributed by atoms with Crippen LogP contribution in [0.1, 0.15) is 55.4 Å². The number of aromatic nitrogens is 5. The van der Waals surface area contributed by atoms with Gasteiger partial charge in [0.2, 0.25) is 5.65 Å². The van der Waals surface area contributed by atoms with Gasteiger partial charge in [0, 0.05) is 19.7 Å². The molecule has 0 unspecified atom stereocenters. The number of esters is 1. The molecule has 1 atom stereocenters. The molecule has 2 aromatic carbocycles. The average molecular weight is 600 g/mol. The van der Waals surface area contributed by atoms with Crippen molar-refractivity contribution in [3.8, 4) is 5.88 Å². The number of oxazole rings is 1. The van der Waals surface area contributed by atoms with Crippen molar-refractivity contribution in [1.82, 2.24) is 29.7 Å². The number of carboxylic acid groups (broad SMARTS) is 1. The molecule has 0 radical (unpaired) electrons. The maximum absolute atomic E-state index is 12.5. The highest BCUT2D eigenvalue weighted by atomic mass is 35.5. The van der Waals surface area contributed by atoms with Gasteiger partial charge in [-0.2, -0.15) is 4.52 Å². The molecule has 1 amide bonds. The smallest absolute Gasteiger partial charge is 0.419 e. The predicted molar refractivity (Wildman–Crippen MR) is 150 cm³/mol. The number of carboxylic acids is 1. The summed E-state index contributed by atoms with van der Waals surface area (Å²) in [5, 5.41) is 28.4. The third-order valence-electron chi connectivity index (χ3n) is 6.08. The van der Waals surface area contributed by atoms with E-state index < -0.39 is 29.8 Å². The second-order valence-electron chi connectivity index (χ2n) is 8.72. The van der Waals surface area contributed by atoms with E-state index in [-0.39, 0.29) is 35.2 Å². The van der Waals surface area contributed by atoms with E-state index in [1.54, 1.807) is 44.3 Å². The van der Waals surface area contributed by atoms with Crippen LogP contribution in [-0.4, -0.2) is 59.5 Å². The molecule has 0 fully saturated rings. The van der Waals surface area contributed by atoms with Gasteiger partial charge >= 0.3 is 17.7 Å². The van der Waals surface area contributed by atoms with Crippen LogP contribution in [0.4, 0.5) is 0 Å². The molecule has 220 valence electrons. The summed E-state index contributed by atoms with van der Waals surface area (Å²) in [6.45, 7) is 2.18. The zero-order chi connectivity index (χ0) is 29.8. The van der Waals surface area contributed by atoms with E-state index in [0.29, 0.717) is 23.3 Å². The number of halogens is 1. The fraction of sp³-hybridized carbons (Fsp3) is 0.192. The number of nitrogens with zero attached hydrogens (tertiary/aromatic N) is 5. The second-order valence-corrected chi connectivity index (χ2v) is 8.72. The first-order valence-corrected chi connectivity index (χ1v) is 12.0. The van der Waals surface area contributed by atoms with Crippen LogP contribution < -0.4 is 16.8 Å². The molecule has 3 aromatic heterocycles. The lowest BCUT2D eigenvalue weighted by atomic mass is 10.1. The van der Waals surface area contributed by atoms with Gasteiger partial charge < -0.3 is 30.4 Å². The zero-order valence-electron chi connectivity index (χ0n) is 22.5. The SMILES string of the molecule is COC(=O)c1ccc([C@H](C)NC(=O)c2cc(C(=O)O)n3nnc(O)c3n2)cc1.Cl.Cn1c(=O)oc2ccc(CN)cc21. The van der Waals surface area contributed by atoms with Crippen LogP contribution in [0, 0.1) is 0 Å². The van der Waals surface area contributed by atoms with Crippen molar-refractivity contribution in [1.29, 1.82) is 0 Å². The van der Waals surface area contributed by atoms with Crippen molar-refractivity contribution in [3.63, 3.8) is 0 Å². The number of carbonyl (C=O) groups is 3. The summed E-state index contributed by atoms with van der Waals surface area (Å²) in [7, 11) is 2.95. The fourth-order valence-electron chi connectivity index (χ4n) is 3.81. The van der Waals surface area contributed by atoms with Gasteiger partial charge in [-0.3, -0.25) is 9.36 Å². The van der Waals surface area contributed by atoms with Gasteiger partial charge in [-0.25, -0.2) is 19.4 Å². The number of benzene rings is 2. The number of methoxy groups -OCH3 is 1. The minimum absolute atomic E-state index is 0. The number of carbonyl (C=O) groups excluding carboxylic acids is 2. The van der Waals surface area contributed by atoms with Gasteiger partial charge in [-0.05, 0) is 42.3 Å². The van der Waals surface area contributed by atoms with Gasteiger partial charge in [0.1, 0.15) is 5.69 Å². The molecule has 5 N–H and O–H groups in total. The Balaban J connectivity index is 0.000000289. The minimum Gasteiger partial charge on any atom is -0.489 e. The molecule has 16 heteroatoms. The molecule has 0 bridgehead atoms. The van der Waals surface area contributed by atoms with Crippen LogP contribution in [0.2, 0.25) is 0 Å². The van der Waals surface area contributed by atoms with Crippen LogP contribution in [0.25, 0.3) is 16.7 Å². The van der Waals surface area contributed by atoms with E-state index in [4.69, 9.17) is 10.2 Å². The number of hydrogen-bond donors (Lipinski definition) is 4. The number of rotatable bonds is 6. The first kappa shape index (κ1) is 31.3. The highest BCUT2D eigenvalue weighted by molar-refractivity contribution is 5.96. The number of fused-ring (bicyclic) bond motifs is 2. The summed E-state index contributed by atoms with van der Waals surface area (Å²) >= 11 is 0. The van der Waals surface area contributed by atoms with Crippen molar-refractivity contribution in [3.05, 3.63) is 87.2 Å². The maximum Gasteiger partial charge on any atom is 0.419 e. The summed E-state index contributed by atoms with van der Waals surface area (Å²) in [5.74, 6) is -3.43. The van der Waals surface area contributed by atoms with Gasteiger partial charge in [0.05, 0.1) is 24.2 Å². The summed E-state index contributed by atoms with van der Waals surface area (Å²) in [6.07, 6.45) is 0. The molecule has 0 aliphatic heterocycles. The lowest BCUT2D eigenvalue weighted by molar-refractivity contribution is 0.0599. The summed E-state index contributed by atoms with van der Waals surface area (Å²) < 4.78 is 11.9. The topological polar surface area (TPSA) is 217 Å². The number of aromatic carboxylic acids is 1. The molecular formula is C26H26ClN7O8. The Morgan fingerprint density at radius 2 is 1.83 bits per heavy atom. The quantitative estimate of drug-likeness (QED) is 0.205. The highest BCUT2D eigenvalue weighted by Crippen LogP contribution is 2.18. The number of hydrogen-bond acceptors (Lipinski definition) is 11. The van der Waals surface area contributed by atoms with Crippen molar-refractivity contribution in [2.24, 2.45) is 12.8 Å². The van der Waals surface area contributed by atoms with Crippen molar-refractivity contribution in [2.75, 3.05) is 7.11 Å². The average Bonchev–Trinajstić information content (AvgIpc) is 3.49. The molecule has 0 saturated carbocycles. The van der Waals surface area contributed by atoms with E-state index in [1.807, 2.05) is 12.1 Å². The van der Waals surface area contributed by atoms with E-state index >= 15 is 0 Å². The Bertz CT molecular complexity index is 1830. The molecule has 0 aliphatic carbocycles. The van der Waals surface area contributed by atoms with Gasteiger partial charge in [-0.1, -0.05) is 28.5 Å². The Morgan fingerprint density at radius 1 is 1.14 bits per heavy atom. The number of ether oxygens (including phenoxy) is 1. The number of nitrogens with two attached hydrogens (primary N) is 1. The van der Waals surface area contributed by atoms with Crippen LogP contribution in [0.5, 0.6) is 5.88 Å². The number of amides is 1. The van der Waals surface area contributed by atoms with Gasteiger partial charge in [0.25, 0.3) is 11.8 Å². The molecule has 0 aliphatic rings. The second kappa shape index (κ2) is 12.9. The first-order chi connectivity index (χ1) is 19.5. The Labute approximate surface area is 242 Å². The molecule has 5 aromatic rings. The number of aromatic hydroxyl groups is 1. The Kier molecular flexibility index (Phi) is 9.62. The molecule has 42 heavy (non-hydrogen) atoms. The number of aryl methyl sites for hydroxylation is 1. The maximum atomic E-state index is 12.5. The largest absolute Gasteiger partial charge is 0.489 e. The van der Waals surface area contributed by atoms with Crippen molar-refractivity contribution in [2.45, 2.75) is 19.5 Å². The highest BCUT2D eigenvalue weighted by Gasteiger charge is 2.21.